The number of carbonyl (C=O) groups is 2. The van der Waals surface area contributed by atoms with Gasteiger partial charge in [0, 0.05) is 19.4 Å². The third-order valence-corrected chi connectivity index (χ3v) is 11.3. The van der Waals surface area contributed by atoms with Crippen molar-refractivity contribution >= 4 is 11.9 Å². The molecule has 0 saturated carbocycles. The van der Waals surface area contributed by atoms with Crippen molar-refractivity contribution in [2.45, 2.75) is 271 Å². The Hall–Kier alpha value is -2.14. The van der Waals surface area contributed by atoms with E-state index in [2.05, 4.69) is 69.4 Å². The molecule has 1 unspecified atom stereocenters. The fourth-order valence-corrected chi connectivity index (χ4v) is 7.45. The number of hydrogen-bond acceptors (Lipinski definition) is 5. The second-order valence-electron chi connectivity index (χ2n) is 17.4. The van der Waals surface area contributed by atoms with Gasteiger partial charge in [0.1, 0.15) is 6.61 Å². The molecule has 0 saturated heterocycles. The first-order valence-corrected chi connectivity index (χ1v) is 26.2. The molecule has 0 aromatic carbocycles. The van der Waals surface area contributed by atoms with Crippen LogP contribution in [0.5, 0.6) is 0 Å². The van der Waals surface area contributed by atoms with Crippen LogP contribution >= 0.6 is 0 Å². The number of ether oxygens (including phenoxy) is 3. The lowest BCUT2D eigenvalue weighted by molar-refractivity contribution is -0.163. The zero-order valence-corrected chi connectivity index (χ0v) is 40.2. The van der Waals surface area contributed by atoms with Crippen molar-refractivity contribution in [2.24, 2.45) is 0 Å². The van der Waals surface area contributed by atoms with Gasteiger partial charge in [-0.25, -0.2) is 0 Å². The van der Waals surface area contributed by atoms with Gasteiger partial charge in [0.05, 0.1) is 6.61 Å². The molecule has 0 aromatic heterocycles. The standard InChI is InChI=1S/C55H100O5/c1-4-7-10-13-16-19-22-25-26-27-28-29-30-32-33-36-39-42-45-48-54(56)59-52-53(51-58-50-47-44-41-38-35-24-21-18-15-12-9-6-3)60-55(57)49-46-43-40-37-34-31-23-20-17-14-11-8-5-2/h8,11,15,17-18,20,31,34,53H,4-7,9-10,12-14,16,19,21-30,32-33,35-52H2,1-3H3/b11-8-,18-15-,20-17-,34-31-. The first-order chi connectivity index (χ1) is 29.6. The third kappa shape index (κ3) is 48.5. The zero-order valence-electron chi connectivity index (χ0n) is 40.2. The Kier molecular flexibility index (Phi) is 49.4. The van der Waals surface area contributed by atoms with E-state index in [1.54, 1.807) is 0 Å². The zero-order chi connectivity index (χ0) is 43.5. The molecule has 0 bridgehead atoms. The number of rotatable bonds is 48. The summed E-state index contributed by atoms with van der Waals surface area (Å²) in [5.74, 6) is -0.423. The van der Waals surface area contributed by atoms with Crippen LogP contribution in [0.15, 0.2) is 48.6 Å². The molecule has 5 heteroatoms. The molecule has 0 aliphatic heterocycles. The molecule has 5 nitrogen and oxygen atoms in total. The first-order valence-electron chi connectivity index (χ1n) is 26.2. The maximum atomic E-state index is 12.8. The Bertz CT molecular complexity index is 997. The minimum atomic E-state index is -0.551. The Morgan fingerprint density at radius 3 is 1.28 bits per heavy atom. The maximum absolute atomic E-state index is 12.8. The SMILES string of the molecule is CC/C=C\C/C=C\C/C=C\CCCCCC(=O)OC(COCCCCCCCC/C=C\CCCC)COC(=O)CCCCCCCCCCCCCCCCCCCCC. The Balaban J connectivity index is 4.21. The minimum Gasteiger partial charge on any atom is -0.462 e. The molecule has 0 spiro atoms. The van der Waals surface area contributed by atoms with E-state index in [-0.39, 0.29) is 25.2 Å². The molecule has 0 fully saturated rings. The van der Waals surface area contributed by atoms with Gasteiger partial charge >= 0.3 is 11.9 Å². The molecular weight excluding hydrogens is 741 g/mol. The van der Waals surface area contributed by atoms with Gasteiger partial charge < -0.3 is 14.2 Å². The number of allylic oxidation sites excluding steroid dienone is 8. The van der Waals surface area contributed by atoms with Gasteiger partial charge in [-0.05, 0) is 70.6 Å². The van der Waals surface area contributed by atoms with Crippen LogP contribution in [0, 0.1) is 0 Å². The van der Waals surface area contributed by atoms with Crippen LogP contribution in [0.3, 0.4) is 0 Å². The Morgan fingerprint density at radius 2 is 0.767 bits per heavy atom. The van der Waals surface area contributed by atoms with Gasteiger partial charge in [0.2, 0.25) is 0 Å². The van der Waals surface area contributed by atoms with E-state index in [0.717, 1.165) is 70.6 Å². The van der Waals surface area contributed by atoms with Crippen molar-refractivity contribution in [3.8, 4) is 0 Å². The highest BCUT2D eigenvalue weighted by Crippen LogP contribution is 2.16. The van der Waals surface area contributed by atoms with E-state index in [0.29, 0.717) is 19.4 Å². The Labute approximate surface area is 373 Å². The highest BCUT2D eigenvalue weighted by atomic mass is 16.6. The van der Waals surface area contributed by atoms with Gasteiger partial charge in [0.15, 0.2) is 6.10 Å². The van der Waals surface area contributed by atoms with Crippen LogP contribution in [0.1, 0.15) is 265 Å². The highest BCUT2D eigenvalue weighted by Gasteiger charge is 2.17. The maximum Gasteiger partial charge on any atom is 0.306 e. The quantitative estimate of drug-likeness (QED) is 0.0347. The van der Waals surface area contributed by atoms with Crippen LogP contribution in [0.25, 0.3) is 0 Å². The molecular formula is C55H100O5. The highest BCUT2D eigenvalue weighted by molar-refractivity contribution is 5.70. The summed E-state index contributed by atoms with van der Waals surface area (Å²) in [5, 5.41) is 0. The molecule has 0 heterocycles. The molecule has 0 N–H and O–H groups in total. The van der Waals surface area contributed by atoms with Crippen LogP contribution in [-0.4, -0.2) is 37.9 Å². The lowest BCUT2D eigenvalue weighted by atomic mass is 10.0. The van der Waals surface area contributed by atoms with Crippen molar-refractivity contribution in [1.82, 2.24) is 0 Å². The average molecular weight is 841 g/mol. The summed E-state index contributed by atoms with van der Waals surface area (Å²) in [7, 11) is 0. The second kappa shape index (κ2) is 51.2. The molecule has 350 valence electrons. The van der Waals surface area contributed by atoms with E-state index in [1.807, 2.05) is 0 Å². The summed E-state index contributed by atoms with van der Waals surface area (Å²) >= 11 is 0. The molecule has 0 aliphatic carbocycles. The van der Waals surface area contributed by atoms with E-state index >= 15 is 0 Å². The summed E-state index contributed by atoms with van der Waals surface area (Å²) in [6.07, 6.45) is 62.7. The Morgan fingerprint density at radius 1 is 0.383 bits per heavy atom. The van der Waals surface area contributed by atoms with Crippen LogP contribution in [-0.2, 0) is 23.8 Å². The lowest BCUT2D eigenvalue weighted by Gasteiger charge is -2.18. The van der Waals surface area contributed by atoms with Crippen molar-refractivity contribution in [3.63, 3.8) is 0 Å². The molecule has 0 aliphatic rings. The number of unbranched alkanes of at least 4 members (excludes halogenated alkanes) is 29. The fraction of sp³-hybridized carbons (Fsp3) is 0.818. The van der Waals surface area contributed by atoms with Gasteiger partial charge in [-0.1, -0.05) is 230 Å². The van der Waals surface area contributed by atoms with Gasteiger partial charge in [-0.2, -0.15) is 0 Å². The van der Waals surface area contributed by atoms with E-state index in [9.17, 15) is 9.59 Å². The molecule has 1 atom stereocenters. The molecule has 0 radical (unpaired) electrons. The summed E-state index contributed by atoms with van der Waals surface area (Å²) in [6.45, 7) is 7.67. The van der Waals surface area contributed by atoms with Crippen molar-refractivity contribution in [3.05, 3.63) is 48.6 Å². The average Bonchev–Trinajstić information content (AvgIpc) is 3.25. The van der Waals surface area contributed by atoms with Crippen LogP contribution in [0.2, 0.25) is 0 Å². The summed E-state index contributed by atoms with van der Waals surface area (Å²) in [5.41, 5.74) is 0. The van der Waals surface area contributed by atoms with Gasteiger partial charge in [-0.3, -0.25) is 9.59 Å². The van der Waals surface area contributed by atoms with Crippen molar-refractivity contribution in [1.29, 1.82) is 0 Å². The van der Waals surface area contributed by atoms with Crippen molar-refractivity contribution < 1.29 is 23.8 Å². The van der Waals surface area contributed by atoms with Gasteiger partial charge in [0.25, 0.3) is 0 Å². The van der Waals surface area contributed by atoms with E-state index < -0.39 is 6.10 Å². The predicted molar refractivity (Wildman–Crippen MR) is 261 cm³/mol. The summed E-state index contributed by atoms with van der Waals surface area (Å²) in [4.78, 5) is 25.4. The number of esters is 2. The molecule has 0 aromatic rings. The normalized spacial score (nSPS) is 12.5. The number of hydrogen-bond donors (Lipinski definition) is 0. The van der Waals surface area contributed by atoms with Crippen LogP contribution < -0.4 is 0 Å². The third-order valence-electron chi connectivity index (χ3n) is 11.3. The van der Waals surface area contributed by atoms with Gasteiger partial charge in [-0.15, -0.1) is 0 Å². The molecule has 0 rings (SSSR count). The van der Waals surface area contributed by atoms with Crippen LogP contribution in [0.4, 0.5) is 0 Å². The van der Waals surface area contributed by atoms with Crippen molar-refractivity contribution in [2.75, 3.05) is 19.8 Å². The monoisotopic (exact) mass is 841 g/mol. The smallest absolute Gasteiger partial charge is 0.306 e. The largest absolute Gasteiger partial charge is 0.462 e. The first kappa shape index (κ1) is 57.9. The van der Waals surface area contributed by atoms with E-state index in [4.69, 9.17) is 14.2 Å². The molecule has 60 heavy (non-hydrogen) atoms. The number of carbonyl (C=O) groups excluding carboxylic acids is 2. The predicted octanol–water partition coefficient (Wildman–Crippen LogP) is 17.6. The lowest BCUT2D eigenvalue weighted by Crippen LogP contribution is -2.30. The minimum absolute atomic E-state index is 0.0741. The summed E-state index contributed by atoms with van der Waals surface area (Å²) in [6, 6.07) is 0. The summed E-state index contributed by atoms with van der Waals surface area (Å²) < 4.78 is 17.4. The molecule has 0 amide bonds. The fourth-order valence-electron chi connectivity index (χ4n) is 7.45. The van der Waals surface area contributed by atoms with E-state index in [1.165, 1.54) is 161 Å². The second-order valence-corrected chi connectivity index (χ2v) is 17.4. The topological polar surface area (TPSA) is 61.8 Å².